The number of anilines is 1. The Morgan fingerprint density at radius 2 is 2.24 bits per heavy atom. The lowest BCUT2D eigenvalue weighted by molar-refractivity contribution is -0.383. The van der Waals surface area contributed by atoms with E-state index in [9.17, 15) is 10.1 Å². The molecule has 3 rings (SSSR count). The number of hydrogen-bond donors (Lipinski definition) is 1. The van der Waals surface area contributed by atoms with Gasteiger partial charge >= 0.3 is 0 Å². The van der Waals surface area contributed by atoms with Crippen LogP contribution >= 0.6 is 0 Å². The van der Waals surface area contributed by atoms with E-state index in [1.807, 2.05) is 19.1 Å². The van der Waals surface area contributed by atoms with Gasteiger partial charge in [-0.25, -0.2) is 0 Å². The molecule has 2 heterocycles. The van der Waals surface area contributed by atoms with Gasteiger partial charge in [0.15, 0.2) is 0 Å². The highest BCUT2D eigenvalue weighted by Gasteiger charge is 2.27. The van der Waals surface area contributed by atoms with Crippen LogP contribution in [0.5, 0.6) is 0 Å². The number of nitrogens with two attached hydrogens (primary N) is 1. The van der Waals surface area contributed by atoms with E-state index in [2.05, 4.69) is 9.88 Å². The van der Waals surface area contributed by atoms with Crippen molar-refractivity contribution in [1.29, 1.82) is 0 Å². The normalized spacial score (nSPS) is 19.9. The topological polar surface area (TPSA) is 85.3 Å². The molecule has 0 bridgehead atoms. The van der Waals surface area contributed by atoms with E-state index in [0.29, 0.717) is 11.3 Å². The van der Waals surface area contributed by atoms with Crippen LogP contribution in [0.25, 0.3) is 10.8 Å². The Balaban J connectivity index is 2.05. The fourth-order valence-corrected chi connectivity index (χ4v) is 3.03. The maximum absolute atomic E-state index is 11.1. The summed E-state index contributed by atoms with van der Waals surface area (Å²) in [6.07, 6.45) is 4.30. The lowest BCUT2D eigenvalue weighted by atomic mass is 10.0. The molecule has 0 radical (unpaired) electrons. The number of pyridine rings is 1. The minimum Gasteiger partial charge on any atom is -0.371 e. The third-order valence-corrected chi connectivity index (χ3v) is 4.28. The van der Waals surface area contributed by atoms with Gasteiger partial charge < -0.3 is 10.6 Å². The Morgan fingerprint density at radius 1 is 1.43 bits per heavy atom. The van der Waals surface area contributed by atoms with Gasteiger partial charge in [0.1, 0.15) is 0 Å². The lowest BCUT2D eigenvalue weighted by Crippen LogP contribution is -2.29. The standard InChI is InChI=1S/C15H18N4O2/c1-10(16)11-5-7-18(9-11)14-2-3-15(19(20)21)13-8-17-6-4-12(13)14/h2-4,6,8,10-11H,5,7,9,16H2,1H3. The summed E-state index contributed by atoms with van der Waals surface area (Å²) in [5.41, 5.74) is 7.12. The molecule has 1 aliphatic heterocycles. The molecular formula is C15H18N4O2. The summed E-state index contributed by atoms with van der Waals surface area (Å²) in [5.74, 6) is 0.470. The highest BCUT2D eigenvalue weighted by Crippen LogP contribution is 2.35. The third-order valence-electron chi connectivity index (χ3n) is 4.28. The summed E-state index contributed by atoms with van der Waals surface area (Å²) in [5, 5.41) is 12.6. The first-order chi connectivity index (χ1) is 10.1. The van der Waals surface area contributed by atoms with Crippen LogP contribution in [0.4, 0.5) is 11.4 Å². The van der Waals surface area contributed by atoms with Gasteiger partial charge in [-0.05, 0) is 31.4 Å². The second-order valence-corrected chi connectivity index (χ2v) is 5.64. The molecule has 0 spiro atoms. The monoisotopic (exact) mass is 286 g/mol. The SMILES string of the molecule is CC(N)C1CCN(c2ccc([N+](=O)[O-])c3cnccc23)C1. The number of nitro benzene ring substituents is 1. The quantitative estimate of drug-likeness (QED) is 0.691. The van der Waals surface area contributed by atoms with Crippen LogP contribution in [-0.2, 0) is 0 Å². The predicted molar refractivity (Wildman–Crippen MR) is 82.4 cm³/mol. The van der Waals surface area contributed by atoms with Crippen molar-refractivity contribution in [2.75, 3.05) is 18.0 Å². The van der Waals surface area contributed by atoms with Crippen molar-refractivity contribution in [1.82, 2.24) is 4.98 Å². The van der Waals surface area contributed by atoms with E-state index in [1.165, 1.54) is 0 Å². The highest BCUT2D eigenvalue weighted by molar-refractivity contribution is 5.99. The molecule has 1 aromatic heterocycles. The molecule has 21 heavy (non-hydrogen) atoms. The van der Waals surface area contributed by atoms with Crippen LogP contribution < -0.4 is 10.6 Å². The van der Waals surface area contributed by atoms with Gasteiger partial charge in [-0.3, -0.25) is 15.1 Å². The zero-order valence-corrected chi connectivity index (χ0v) is 11.9. The molecular weight excluding hydrogens is 268 g/mol. The third kappa shape index (κ3) is 2.42. The first-order valence-corrected chi connectivity index (χ1v) is 7.09. The number of rotatable bonds is 3. The largest absolute Gasteiger partial charge is 0.371 e. The lowest BCUT2D eigenvalue weighted by Gasteiger charge is -2.21. The molecule has 1 aliphatic rings. The van der Waals surface area contributed by atoms with Crippen LogP contribution in [0, 0.1) is 16.0 Å². The zero-order valence-electron chi connectivity index (χ0n) is 11.9. The van der Waals surface area contributed by atoms with Gasteiger partial charge in [0.2, 0.25) is 0 Å². The molecule has 2 aromatic rings. The fourth-order valence-electron chi connectivity index (χ4n) is 3.03. The van der Waals surface area contributed by atoms with E-state index >= 15 is 0 Å². The summed E-state index contributed by atoms with van der Waals surface area (Å²) < 4.78 is 0. The average molecular weight is 286 g/mol. The van der Waals surface area contributed by atoms with Crippen molar-refractivity contribution < 1.29 is 4.92 Å². The van der Waals surface area contributed by atoms with Crippen LogP contribution in [0.3, 0.4) is 0 Å². The van der Waals surface area contributed by atoms with Gasteiger partial charge in [0, 0.05) is 48.7 Å². The van der Waals surface area contributed by atoms with E-state index in [-0.39, 0.29) is 16.7 Å². The summed E-state index contributed by atoms with van der Waals surface area (Å²) in [6.45, 7) is 3.86. The number of hydrogen-bond acceptors (Lipinski definition) is 5. The molecule has 1 saturated heterocycles. The maximum atomic E-state index is 11.1. The number of fused-ring (bicyclic) bond motifs is 1. The van der Waals surface area contributed by atoms with Gasteiger partial charge in [-0.1, -0.05) is 0 Å². The van der Waals surface area contributed by atoms with E-state index in [0.717, 1.165) is 30.6 Å². The van der Waals surface area contributed by atoms with Crippen molar-refractivity contribution >= 4 is 22.1 Å². The Morgan fingerprint density at radius 3 is 2.90 bits per heavy atom. The van der Waals surface area contributed by atoms with Crippen LogP contribution in [0.2, 0.25) is 0 Å². The number of aromatic nitrogens is 1. The maximum Gasteiger partial charge on any atom is 0.278 e. The Kier molecular flexibility index (Phi) is 3.47. The van der Waals surface area contributed by atoms with Crippen LogP contribution in [0.1, 0.15) is 13.3 Å². The van der Waals surface area contributed by atoms with Gasteiger partial charge in [0.25, 0.3) is 5.69 Å². The molecule has 2 atom stereocenters. The summed E-state index contributed by atoms with van der Waals surface area (Å²) in [4.78, 5) is 17.1. The number of nitrogens with zero attached hydrogens (tertiary/aromatic N) is 3. The minimum atomic E-state index is -0.359. The van der Waals surface area contributed by atoms with Crippen molar-refractivity contribution in [2.24, 2.45) is 11.7 Å². The number of nitro groups is 1. The number of non-ortho nitro benzene ring substituents is 1. The summed E-state index contributed by atoms with van der Waals surface area (Å²) in [6, 6.07) is 5.42. The van der Waals surface area contributed by atoms with Gasteiger partial charge in [-0.15, -0.1) is 0 Å². The molecule has 6 nitrogen and oxygen atoms in total. The average Bonchev–Trinajstić information content (AvgIpc) is 2.95. The van der Waals surface area contributed by atoms with Crippen molar-refractivity contribution in [3.63, 3.8) is 0 Å². The smallest absolute Gasteiger partial charge is 0.278 e. The van der Waals surface area contributed by atoms with Crippen LogP contribution in [-0.4, -0.2) is 29.0 Å². The second kappa shape index (κ2) is 5.29. The molecule has 0 saturated carbocycles. The Bertz CT molecular complexity index is 686. The van der Waals surface area contributed by atoms with Crippen molar-refractivity contribution in [3.8, 4) is 0 Å². The van der Waals surface area contributed by atoms with Crippen molar-refractivity contribution in [2.45, 2.75) is 19.4 Å². The van der Waals surface area contributed by atoms with Crippen molar-refractivity contribution in [3.05, 3.63) is 40.7 Å². The van der Waals surface area contributed by atoms with E-state index < -0.39 is 0 Å². The minimum absolute atomic E-state index is 0.102. The second-order valence-electron chi connectivity index (χ2n) is 5.64. The van der Waals surface area contributed by atoms with Gasteiger partial charge in [0.05, 0.1) is 10.3 Å². The molecule has 2 N–H and O–H groups in total. The highest BCUT2D eigenvalue weighted by atomic mass is 16.6. The van der Waals surface area contributed by atoms with E-state index in [4.69, 9.17) is 5.73 Å². The molecule has 110 valence electrons. The zero-order chi connectivity index (χ0) is 15.0. The Labute approximate surface area is 122 Å². The Hall–Kier alpha value is -2.21. The molecule has 0 amide bonds. The number of benzene rings is 1. The predicted octanol–water partition coefficient (Wildman–Crippen LogP) is 2.32. The molecule has 0 aliphatic carbocycles. The van der Waals surface area contributed by atoms with E-state index in [1.54, 1.807) is 18.5 Å². The first kappa shape index (κ1) is 13.8. The molecule has 1 aromatic carbocycles. The molecule has 2 unspecified atom stereocenters. The van der Waals surface area contributed by atoms with Crippen LogP contribution in [0.15, 0.2) is 30.6 Å². The summed E-state index contributed by atoms with van der Waals surface area (Å²) in [7, 11) is 0. The molecule has 6 heteroatoms. The molecule has 1 fully saturated rings. The first-order valence-electron chi connectivity index (χ1n) is 7.09. The summed E-state index contributed by atoms with van der Waals surface area (Å²) >= 11 is 0. The van der Waals surface area contributed by atoms with Gasteiger partial charge in [-0.2, -0.15) is 0 Å². The fraction of sp³-hybridized carbons (Fsp3) is 0.400.